The first kappa shape index (κ1) is 14.2. The Morgan fingerprint density at radius 3 is 2.67 bits per heavy atom. The maximum Gasteiger partial charge on any atom is 0.241 e. The molecule has 2 heterocycles. The molecule has 1 saturated heterocycles. The third kappa shape index (κ3) is 3.31. The minimum Gasteiger partial charge on any atom is -0.338 e. The van der Waals surface area contributed by atoms with Gasteiger partial charge in [-0.2, -0.15) is 4.98 Å². The number of hydrogen-bond donors (Lipinski definition) is 1. The Balaban J connectivity index is 1.72. The Morgan fingerprint density at radius 2 is 1.95 bits per heavy atom. The molecule has 2 unspecified atom stereocenters. The molecule has 0 spiro atoms. The molecular weight excluding hydrogens is 264 g/mol. The molecule has 1 aromatic carbocycles. The molecule has 1 fully saturated rings. The lowest BCUT2D eigenvalue weighted by Gasteiger charge is -2.35. The van der Waals surface area contributed by atoms with E-state index in [-0.39, 0.29) is 0 Å². The third-order valence-corrected chi connectivity index (χ3v) is 3.85. The van der Waals surface area contributed by atoms with Crippen LogP contribution in [-0.2, 0) is 6.54 Å². The molecule has 1 aliphatic rings. The highest BCUT2D eigenvalue weighted by atomic mass is 16.5. The largest absolute Gasteiger partial charge is 0.338 e. The van der Waals surface area contributed by atoms with Crippen molar-refractivity contribution in [1.82, 2.24) is 20.4 Å². The normalized spacial score (nSPS) is 23.4. The van der Waals surface area contributed by atoms with Crippen molar-refractivity contribution in [2.75, 3.05) is 13.1 Å². The summed E-state index contributed by atoms with van der Waals surface area (Å²) >= 11 is 0. The fourth-order valence-electron chi connectivity index (χ4n) is 3.01. The number of nitrogens with zero attached hydrogens (tertiary/aromatic N) is 3. The zero-order valence-corrected chi connectivity index (χ0v) is 12.8. The van der Waals surface area contributed by atoms with Crippen LogP contribution in [0.1, 0.15) is 25.3 Å². The zero-order chi connectivity index (χ0) is 14.8. The molecule has 1 N–H and O–H groups in total. The van der Waals surface area contributed by atoms with E-state index in [4.69, 9.17) is 4.52 Å². The van der Waals surface area contributed by atoms with E-state index in [2.05, 4.69) is 47.2 Å². The Kier molecular flexibility index (Phi) is 4.03. The quantitative estimate of drug-likeness (QED) is 0.937. The van der Waals surface area contributed by atoms with Gasteiger partial charge in [-0.25, -0.2) is 0 Å². The molecule has 0 aliphatic carbocycles. The first-order chi connectivity index (χ1) is 10.1. The maximum absolute atomic E-state index is 5.42. The predicted octanol–water partition coefficient (Wildman–Crippen LogP) is 2.23. The van der Waals surface area contributed by atoms with Crippen molar-refractivity contribution in [1.29, 1.82) is 0 Å². The van der Waals surface area contributed by atoms with E-state index in [1.54, 1.807) is 0 Å². The zero-order valence-electron chi connectivity index (χ0n) is 12.8. The van der Waals surface area contributed by atoms with Gasteiger partial charge in [0.05, 0.1) is 6.54 Å². The lowest BCUT2D eigenvalue weighted by atomic mass is 10.1. The second-order valence-electron chi connectivity index (χ2n) is 5.99. The Labute approximate surface area is 125 Å². The molecule has 21 heavy (non-hydrogen) atoms. The minimum absolute atomic E-state index is 0.493. The van der Waals surface area contributed by atoms with Crippen molar-refractivity contribution >= 4 is 0 Å². The van der Waals surface area contributed by atoms with Crippen LogP contribution in [0.15, 0.2) is 28.8 Å². The van der Waals surface area contributed by atoms with E-state index in [9.17, 15) is 0 Å². The van der Waals surface area contributed by atoms with Crippen LogP contribution < -0.4 is 5.32 Å². The van der Waals surface area contributed by atoms with Crippen LogP contribution >= 0.6 is 0 Å². The van der Waals surface area contributed by atoms with Crippen molar-refractivity contribution < 1.29 is 4.52 Å². The highest BCUT2D eigenvalue weighted by molar-refractivity contribution is 5.58. The number of aryl methyl sites for hydroxylation is 1. The summed E-state index contributed by atoms with van der Waals surface area (Å²) in [4.78, 5) is 6.91. The lowest BCUT2D eigenvalue weighted by molar-refractivity contribution is 0.149. The number of nitrogens with one attached hydrogen (secondary N) is 1. The average molecular weight is 286 g/mol. The van der Waals surface area contributed by atoms with Gasteiger partial charge >= 0.3 is 0 Å². The second kappa shape index (κ2) is 5.95. The van der Waals surface area contributed by atoms with E-state index in [1.165, 1.54) is 0 Å². The molecule has 2 aromatic rings. The summed E-state index contributed by atoms with van der Waals surface area (Å²) in [5.41, 5.74) is 2.20. The molecule has 1 aromatic heterocycles. The molecule has 2 atom stereocenters. The fraction of sp³-hybridized carbons (Fsp3) is 0.500. The van der Waals surface area contributed by atoms with Gasteiger partial charge in [0.1, 0.15) is 0 Å². The van der Waals surface area contributed by atoms with Gasteiger partial charge in [-0.15, -0.1) is 0 Å². The first-order valence-electron chi connectivity index (χ1n) is 7.49. The van der Waals surface area contributed by atoms with Gasteiger partial charge in [0.15, 0.2) is 0 Å². The third-order valence-electron chi connectivity index (χ3n) is 3.85. The molecular formula is C16H22N4O. The maximum atomic E-state index is 5.42. The second-order valence-corrected chi connectivity index (χ2v) is 5.99. The van der Waals surface area contributed by atoms with Crippen molar-refractivity contribution in [3.8, 4) is 11.4 Å². The van der Waals surface area contributed by atoms with Gasteiger partial charge in [0, 0.05) is 30.7 Å². The molecule has 0 radical (unpaired) electrons. The number of piperazine rings is 1. The van der Waals surface area contributed by atoms with E-state index >= 15 is 0 Å². The van der Waals surface area contributed by atoms with Crippen molar-refractivity contribution in [2.24, 2.45) is 0 Å². The SMILES string of the molecule is Cc1ccccc1-c1noc(CN2CC(C)NC(C)C2)n1. The smallest absolute Gasteiger partial charge is 0.241 e. The van der Waals surface area contributed by atoms with Gasteiger partial charge in [-0.3, -0.25) is 4.90 Å². The molecule has 1 aliphatic heterocycles. The predicted molar refractivity (Wildman–Crippen MR) is 81.8 cm³/mol. The summed E-state index contributed by atoms with van der Waals surface area (Å²) in [7, 11) is 0. The fourth-order valence-corrected chi connectivity index (χ4v) is 3.01. The van der Waals surface area contributed by atoms with Crippen LogP contribution in [0.4, 0.5) is 0 Å². The molecule has 3 rings (SSSR count). The van der Waals surface area contributed by atoms with Crippen LogP contribution in [-0.4, -0.2) is 40.2 Å². The number of rotatable bonds is 3. The highest BCUT2D eigenvalue weighted by Crippen LogP contribution is 2.20. The standard InChI is InChI=1S/C16H22N4O/c1-11-6-4-5-7-14(11)16-18-15(21-19-16)10-20-8-12(2)17-13(3)9-20/h4-7,12-13,17H,8-10H2,1-3H3. The van der Waals surface area contributed by atoms with Gasteiger partial charge in [0.25, 0.3) is 0 Å². The van der Waals surface area contributed by atoms with Crippen LogP contribution in [0.25, 0.3) is 11.4 Å². The number of aromatic nitrogens is 2. The number of hydrogen-bond acceptors (Lipinski definition) is 5. The van der Waals surface area contributed by atoms with Gasteiger partial charge in [-0.05, 0) is 26.3 Å². The topological polar surface area (TPSA) is 54.2 Å². The van der Waals surface area contributed by atoms with Crippen molar-refractivity contribution in [3.05, 3.63) is 35.7 Å². The van der Waals surface area contributed by atoms with E-state index < -0.39 is 0 Å². The van der Waals surface area contributed by atoms with E-state index in [0.29, 0.717) is 23.8 Å². The minimum atomic E-state index is 0.493. The van der Waals surface area contributed by atoms with Crippen molar-refractivity contribution in [3.63, 3.8) is 0 Å². The van der Waals surface area contributed by atoms with Crippen molar-refractivity contribution in [2.45, 2.75) is 39.4 Å². The summed E-state index contributed by atoms with van der Waals surface area (Å²) in [6.45, 7) is 9.20. The monoisotopic (exact) mass is 286 g/mol. The molecule has 112 valence electrons. The van der Waals surface area contributed by atoms with E-state index in [0.717, 1.165) is 30.8 Å². The van der Waals surface area contributed by atoms with Crippen LogP contribution in [0, 0.1) is 6.92 Å². The summed E-state index contributed by atoms with van der Waals surface area (Å²) in [6, 6.07) is 9.09. The van der Waals surface area contributed by atoms with Gasteiger partial charge in [-0.1, -0.05) is 29.4 Å². The average Bonchev–Trinajstić information content (AvgIpc) is 2.86. The van der Waals surface area contributed by atoms with Crippen LogP contribution in [0.3, 0.4) is 0 Å². The van der Waals surface area contributed by atoms with Gasteiger partial charge in [0.2, 0.25) is 11.7 Å². The summed E-state index contributed by atoms with van der Waals surface area (Å²) in [6.07, 6.45) is 0. The summed E-state index contributed by atoms with van der Waals surface area (Å²) < 4.78 is 5.42. The Morgan fingerprint density at radius 1 is 1.24 bits per heavy atom. The summed E-state index contributed by atoms with van der Waals surface area (Å²) in [5, 5.41) is 7.65. The van der Waals surface area contributed by atoms with Crippen LogP contribution in [0.2, 0.25) is 0 Å². The molecule has 0 saturated carbocycles. The first-order valence-corrected chi connectivity index (χ1v) is 7.49. The molecule has 0 bridgehead atoms. The number of benzene rings is 1. The van der Waals surface area contributed by atoms with E-state index in [1.807, 2.05) is 18.2 Å². The Hall–Kier alpha value is -1.72. The lowest BCUT2D eigenvalue weighted by Crippen LogP contribution is -2.53. The molecule has 0 amide bonds. The molecule has 5 heteroatoms. The summed E-state index contributed by atoms with van der Waals surface area (Å²) in [5.74, 6) is 1.37. The van der Waals surface area contributed by atoms with Gasteiger partial charge < -0.3 is 9.84 Å². The highest BCUT2D eigenvalue weighted by Gasteiger charge is 2.22. The molecule has 5 nitrogen and oxygen atoms in total. The van der Waals surface area contributed by atoms with Crippen LogP contribution in [0.5, 0.6) is 0 Å². The Bertz CT molecular complexity index is 600.